The molecular weight excluding hydrogens is 382 g/mol. The number of para-hydroxylation sites is 1. The molecule has 0 saturated heterocycles. The van der Waals surface area contributed by atoms with Gasteiger partial charge in [-0.3, -0.25) is 4.79 Å². The van der Waals surface area contributed by atoms with E-state index in [2.05, 4.69) is 17.1 Å². The van der Waals surface area contributed by atoms with E-state index < -0.39 is 0 Å². The van der Waals surface area contributed by atoms with Crippen LogP contribution in [-0.4, -0.2) is 36.8 Å². The summed E-state index contributed by atoms with van der Waals surface area (Å²) < 4.78 is 15.9. The monoisotopic (exact) mass is 409 g/mol. The molecule has 30 heavy (non-hydrogen) atoms. The topological polar surface area (TPSA) is 77.7 Å². The first-order valence-electron chi connectivity index (χ1n) is 10.1. The van der Waals surface area contributed by atoms with Gasteiger partial charge < -0.3 is 18.9 Å². The Hall–Kier alpha value is -3.35. The third-order valence-corrected chi connectivity index (χ3v) is 4.77. The standard InChI is InChI=1S/C23H27N3O4/c1-4-5-15-26(18-9-7-6-8-10-18)22(27)14-13-21-24-23(25-30-21)17-11-12-19(28-2)20(16-17)29-3/h6-12,16H,4-5,13-15H2,1-3H3. The van der Waals surface area contributed by atoms with E-state index in [-0.39, 0.29) is 5.91 Å². The van der Waals surface area contributed by atoms with Crippen LogP contribution >= 0.6 is 0 Å². The van der Waals surface area contributed by atoms with Crippen molar-refractivity contribution < 1.29 is 18.8 Å². The van der Waals surface area contributed by atoms with Crippen LogP contribution in [-0.2, 0) is 11.2 Å². The number of rotatable bonds is 10. The van der Waals surface area contributed by atoms with Gasteiger partial charge in [0.2, 0.25) is 17.6 Å². The van der Waals surface area contributed by atoms with E-state index >= 15 is 0 Å². The molecular formula is C23H27N3O4. The van der Waals surface area contributed by atoms with Crippen LogP contribution in [0.5, 0.6) is 11.5 Å². The number of benzene rings is 2. The van der Waals surface area contributed by atoms with Crippen molar-refractivity contribution in [3.05, 3.63) is 54.4 Å². The van der Waals surface area contributed by atoms with Gasteiger partial charge in [-0.2, -0.15) is 4.98 Å². The third-order valence-electron chi connectivity index (χ3n) is 4.77. The first kappa shape index (κ1) is 21.4. The number of aryl methyl sites for hydroxylation is 1. The molecule has 0 bridgehead atoms. The number of amides is 1. The Bertz CT molecular complexity index is 956. The Morgan fingerprint density at radius 3 is 2.53 bits per heavy atom. The minimum Gasteiger partial charge on any atom is -0.493 e. The van der Waals surface area contributed by atoms with Gasteiger partial charge in [0.15, 0.2) is 11.5 Å². The first-order chi connectivity index (χ1) is 14.7. The van der Waals surface area contributed by atoms with Crippen molar-refractivity contribution in [3.63, 3.8) is 0 Å². The second-order valence-electron chi connectivity index (χ2n) is 6.82. The second kappa shape index (κ2) is 10.4. The quantitative estimate of drug-likeness (QED) is 0.490. The summed E-state index contributed by atoms with van der Waals surface area (Å²) in [5.41, 5.74) is 1.66. The molecule has 0 aliphatic rings. The van der Waals surface area contributed by atoms with Crippen LogP contribution in [0.4, 0.5) is 5.69 Å². The molecule has 0 aliphatic heterocycles. The van der Waals surface area contributed by atoms with Crippen LogP contribution in [0.25, 0.3) is 11.4 Å². The van der Waals surface area contributed by atoms with E-state index in [4.69, 9.17) is 14.0 Å². The molecule has 0 aliphatic carbocycles. The van der Waals surface area contributed by atoms with Crippen molar-refractivity contribution in [2.45, 2.75) is 32.6 Å². The average molecular weight is 409 g/mol. The molecule has 7 heteroatoms. The van der Waals surface area contributed by atoms with E-state index in [9.17, 15) is 4.79 Å². The highest BCUT2D eigenvalue weighted by atomic mass is 16.5. The number of carbonyl (C=O) groups excluding carboxylic acids is 1. The highest BCUT2D eigenvalue weighted by Crippen LogP contribution is 2.31. The van der Waals surface area contributed by atoms with Gasteiger partial charge in [0, 0.05) is 30.6 Å². The molecule has 0 atom stereocenters. The SMILES string of the molecule is CCCCN(C(=O)CCc1nc(-c2ccc(OC)c(OC)c2)no1)c1ccccc1. The average Bonchev–Trinajstić information content (AvgIpc) is 3.27. The van der Waals surface area contributed by atoms with Crippen molar-refractivity contribution in [2.75, 3.05) is 25.7 Å². The van der Waals surface area contributed by atoms with Crippen molar-refractivity contribution in [1.82, 2.24) is 10.1 Å². The van der Waals surface area contributed by atoms with Gasteiger partial charge in [-0.25, -0.2) is 0 Å². The zero-order chi connectivity index (χ0) is 21.3. The van der Waals surface area contributed by atoms with Crippen molar-refractivity contribution in [2.24, 2.45) is 0 Å². The predicted octanol–water partition coefficient (Wildman–Crippen LogP) is 4.52. The zero-order valence-electron chi connectivity index (χ0n) is 17.6. The zero-order valence-corrected chi connectivity index (χ0v) is 17.6. The molecule has 2 aromatic carbocycles. The molecule has 0 fully saturated rings. The number of ether oxygens (including phenoxy) is 2. The summed E-state index contributed by atoms with van der Waals surface area (Å²) in [6.45, 7) is 2.81. The molecule has 0 N–H and O–H groups in total. The number of aromatic nitrogens is 2. The maximum atomic E-state index is 12.9. The van der Waals surface area contributed by atoms with E-state index in [1.807, 2.05) is 41.3 Å². The summed E-state index contributed by atoms with van der Waals surface area (Å²) in [6.07, 6.45) is 2.65. The molecule has 0 radical (unpaired) electrons. The fourth-order valence-corrected chi connectivity index (χ4v) is 3.12. The van der Waals surface area contributed by atoms with Crippen LogP contribution in [0, 0.1) is 0 Å². The minimum atomic E-state index is 0.0421. The number of anilines is 1. The van der Waals surface area contributed by atoms with Gasteiger partial charge in [0.25, 0.3) is 0 Å². The summed E-state index contributed by atoms with van der Waals surface area (Å²) >= 11 is 0. The maximum Gasteiger partial charge on any atom is 0.227 e. The van der Waals surface area contributed by atoms with E-state index in [1.165, 1.54) is 0 Å². The van der Waals surface area contributed by atoms with E-state index in [1.54, 1.807) is 26.4 Å². The Labute approximate surface area is 176 Å². The molecule has 0 spiro atoms. The van der Waals surface area contributed by atoms with Crippen LogP contribution in [0.2, 0.25) is 0 Å². The third kappa shape index (κ3) is 5.17. The first-order valence-corrected chi connectivity index (χ1v) is 10.1. The lowest BCUT2D eigenvalue weighted by Crippen LogP contribution is -2.32. The van der Waals surface area contributed by atoms with Gasteiger partial charge in [-0.15, -0.1) is 0 Å². The van der Waals surface area contributed by atoms with Crippen molar-refractivity contribution >= 4 is 11.6 Å². The lowest BCUT2D eigenvalue weighted by molar-refractivity contribution is -0.118. The van der Waals surface area contributed by atoms with Crippen LogP contribution < -0.4 is 14.4 Å². The van der Waals surface area contributed by atoms with Crippen LogP contribution in [0.3, 0.4) is 0 Å². The number of hydrogen-bond acceptors (Lipinski definition) is 6. The van der Waals surface area contributed by atoms with Gasteiger partial charge in [-0.1, -0.05) is 36.7 Å². The number of hydrogen-bond donors (Lipinski definition) is 0. The Morgan fingerprint density at radius 1 is 1.07 bits per heavy atom. The maximum absolute atomic E-state index is 12.9. The van der Waals surface area contributed by atoms with Gasteiger partial charge >= 0.3 is 0 Å². The Morgan fingerprint density at radius 2 is 1.83 bits per heavy atom. The predicted molar refractivity (Wildman–Crippen MR) is 115 cm³/mol. The van der Waals surface area contributed by atoms with Crippen molar-refractivity contribution in [1.29, 1.82) is 0 Å². The number of carbonyl (C=O) groups is 1. The number of methoxy groups -OCH3 is 2. The fourth-order valence-electron chi connectivity index (χ4n) is 3.12. The summed E-state index contributed by atoms with van der Waals surface area (Å²) in [5.74, 6) is 2.14. The molecule has 1 heterocycles. The highest BCUT2D eigenvalue weighted by molar-refractivity contribution is 5.93. The van der Waals surface area contributed by atoms with Crippen LogP contribution in [0.15, 0.2) is 53.1 Å². The largest absolute Gasteiger partial charge is 0.493 e. The molecule has 3 aromatic rings. The molecule has 3 rings (SSSR count). The smallest absolute Gasteiger partial charge is 0.227 e. The van der Waals surface area contributed by atoms with Gasteiger partial charge in [0.1, 0.15) is 0 Å². The van der Waals surface area contributed by atoms with E-state index in [0.29, 0.717) is 42.6 Å². The molecule has 0 unspecified atom stereocenters. The molecule has 1 aromatic heterocycles. The Kier molecular flexibility index (Phi) is 7.43. The lowest BCUT2D eigenvalue weighted by Gasteiger charge is -2.22. The Balaban J connectivity index is 1.67. The summed E-state index contributed by atoms with van der Waals surface area (Å²) in [4.78, 5) is 19.1. The summed E-state index contributed by atoms with van der Waals surface area (Å²) in [5, 5.41) is 4.04. The van der Waals surface area contributed by atoms with Gasteiger partial charge in [-0.05, 0) is 36.8 Å². The van der Waals surface area contributed by atoms with E-state index in [0.717, 1.165) is 24.1 Å². The second-order valence-corrected chi connectivity index (χ2v) is 6.82. The number of nitrogens with zero attached hydrogens (tertiary/aromatic N) is 3. The summed E-state index contributed by atoms with van der Waals surface area (Å²) in [7, 11) is 3.16. The van der Waals surface area contributed by atoms with Gasteiger partial charge in [0.05, 0.1) is 14.2 Å². The molecule has 0 saturated carbocycles. The number of unbranched alkanes of at least 4 members (excludes halogenated alkanes) is 1. The fraction of sp³-hybridized carbons (Fsp3) is 0.348. The molecule has 7 nitrogen and oxygen atoms in total. The van der Waals surface area contributed by atoms with Crippen LogP contribution in [0.1, 0.15) is 32.1 Å². The molecule has 1 amide bonds. The minimum absolute atomic E-state index is 0.0421. The van der Waals surface area contributed by atoms with Crippen molar-refractivity contribution in [3.8, 4) is 22.9 Å². The molecule has 158 valence electrons. The summed E-state index contributed by atoms with van der Waals surface area (Å²) in [6, 6.07) is 15.2. The highest BCUT2D eigenvalue weighted by Gasteiger charge is 2.17. The normalized spacial score (nSPS) is 10.6. The lowest BCUT2D eigenvalue weighted by atomic mass is 10.2.